The van der Waals surface area contributed by atoms with Crippen molar-refractivity contribution in [1.82, 2.24) is 5.32 Å². The van der Waals surface area contributed by atoms with Crippen molar-refractivity contribution >= 4 is 5.69 Å². The number of benzene rings is 1. The van der Waals surface area contributed by atoms with Gasteiger partial charge in [0.2, 0.25) is 0 Å². The second-order valence-corrected chi connectivity index (χ2v) is 3.59. The molecule has 0 aliphatic rings. The average Bonchev–Trinajstić information content (AvgIpc) is 2.37. The van der Waals surface area contributed by atoms with Gasteiger partial charge < -0.3 is 24.4 Å². The molecule has 0 spiro atoms. The molecule has 5 heteroatoms. The van der Waals surface area contributed by atoms with Crippen LogP contribution in [0.3, 0.4) is 0 Å². The summed E-state index contributed by atoms with van der Waals surface area (Å²) in [5.74, 6) is 2.15. The van der Waals surface area contributed by atoms with Crippen molar-refractivity contribution in [3.63, 3.8) is 0 Å². The maximum atomic E-state index is 5.37. The summed E-state index contributed by atoms with van der Waals surface area (Å²) in [4.78, 5) is 2.01. The van der Waals surface area contributed by atoms with Crippen molar-refractivity contribution in [3.8, 4) is 17.2 Å². The van der Waals surface area contributed by atoms with Crippen LogP contribution in [0.4, 0.5) is 5.69 Å². The van der Waals surface area contributed by atoms with Gasteiger partial charge >= 0.3 is 0 Å². The van der Waals surface area contributed by atoms with Gasteiger partial charge in [0.15, 0.2) is 0 Å². The molecular formula is C12H20N2O3. The van der Waals surface area contributed by atoms with E-state index in [2.05, 4.69) is 5.32 Å². The van der Waals surface area contributed by atoms with Crippen LogP contribution in [0.5, 0.6) is 17.2 Å². The summed E-state index contributed by atoms with van der Waals surface area (Å²) in [6.07, 6.45) is 0. The van der Waals surface area contributed by atoms with E-state index in [1.54, 1.807) is 21.3 Å². The molecule has 0 radical (unpaired) electrons. The Morgan fingerprint density at radius 1 is 1.06 bits per heavy atom. The number of rotatable bonds is 6. The third-order valence-electron chi connectivity index (χ3n) is 2.47. The second-order valence-electron chi connectivity index (χ2n) is 3.59. The normalized spacial score (nSPS) is 9.94. The molecule has 0 bridgehead atoms. The first-order valence-corrected chi connectivity index (χ1v) is 5.33. The molecule has 1 aromatic carbocycles. The van der Waals surface area contributed by atoms with Crippen LogP contribution in [-0.4, -0.2) is 42.1 Å². The van der Waals surface area contributed by atoms with Crippen LogP contribution in [-0.2, 0) is 0 Å². The molecule has 5 nitrogen and oxygen atoms in total. The molecule has 0 saturated carbocycles. The van der Waals surface area contributed by atoms with Gasteiger partial charge in [-0.05, 0) is 7.05 Å². The lowest BCUT2D eigenvalue weighted by Gasteiger charge is -2.24. The van der Waals surface area contributed by atoms with E-state index in [9.17, 15) is 0 Å². The average molecular weight is 240 g/mol. The fourth-order valence-corrected chi connectivity index (χ4v) is 1.68. The Kier molecular flexibility index (Phi) is 4.90. The minimum absolute atomic E-state index is 0.694. The first-order chi connectivity index (χ1) is 8.17. The first-order valence-electron chi connectivity index (χ1n) is 5.33. The number of ether oxygens (including phenoxy) is 3. The highest BCUT2D eigenvalue weighted by Gasteiger charge is 2.16. The predicted molar refractivity (Wildman–Crippen MR) is 68.4 cm³/mol. The molecule has 0 aliphatic heterocycles. The zero-order valence-electron chi connectivity index (χ0n) is 11.0. The van der Waals surface area contributed by atoms with Gasteiger partial charge in [0.05, 0.1) is 28.0 Å². The van der Waals surface area contributed by atoms with E-state index in [0.717, 1.165) is 17.2 Å². The van der Waals surface area contributed by atoms with E-state index < -0.39 is 0 Å². The Morgan fingerprint density at radius 3 is 1.94 bits per heavy atom. The molecule has 1 rings (SSSR count). The zero-order valence-corrected chi connectivity index (χ0v) is 11.0. The van der Waals surface area contributed by atoms with Gasteiger partial charge in [-0.2, -0.15) is 0 Å². The Bertz CT molecular complexity index is 344. The van der Waals surface area contributed by atoms with Gasteiger partial charge in [-0.3, -0.25) is 0 Å². The largest absolute Gasteiger partial charge is 0.496 e. The summed E-state index contributed by atoms with van der Waals surface area (Å²) in [6, 6.07) is 3.67. The molecule has 0 amide bonds. The minimum Gasteiger partial charge on any atom is -0.496 e. The van der Waals surface area contributed by atoms with E-state index in [-0.39, 0.29) is 0 Å². The highest BCUT2D eigenvalue weighted by Crippen LogP contribution is 2.40. The van der Waals surface area contributed by atoms with Crippen molar-refractivity contribution in [2.75, 3.05) is 47.0 Å². The van der Waals surface area contributed by atoms with Crippen LogP contribution < -0.4 is 24.4 Å². The monoisotopic (exact) mass is 240 g/mol. The number of hydrogen-bond donors (Lipinski definition) is 1. The maximum Gasteiger partial charge on any atom is 0.149 e. The molecule has 96 valence electrons. The summed E-state index contributed by atoms with van der Waals surface area (Å²) in [5.41, 5.74) is 0.894. The van der Waals surface area contributed by atoms with Crippen LogP contribution in [0.2, 0.25) is 0 Å². The minimum atomic E-state index is 0.694. The molecule has 0 fully saturated rings. The van der Waals surface area contributed by atoms with Gasteiger partial charge in [0, 0.05) is 19.2 Å². The number of nitrogens with one attached hydrogen (secondary N) is 1. The maximum absolute atomic E-state index is 5.37. The van der Waals surface area contributed by atoms with Gasteiger partial charge in [-0.15, -0.1) is 0 Å². The summed E-state index contributed by atoms with van der Waals surface area (Å²) in [6.45, 7) is 0.694. The van der Waals surface area contributed by atoms with Gasteiger partial charge in [-0.1, -0.05) is 0 Å². The Labute approximate surface area is 102 Å². The van der Waals surface area contributed by atoms with Crippen LogP contribution >= 0.6 is 0 Å². The molecule has 0 heterocycles. The van der Waals surface area contributed by atoms with Gasteiger partial charge in [0.1, 0.15) is 22.9 Å². The summed E-state index contributed by atoms with van der Waals surface area (Å²) in [7, 11) is 8.73. The van der Waals surface area contributed by atoms with E-state index in [4.69, 9.17) is 14.2 Å². The van der Waals surface area contributed by atoms with Crippen LogP contribution in [0.1, 0.15) is 0 Å². The topological polar surface area (TPSA) is 43.0 Å². The van der Waals surface area contributed by atoms with Gasteiger partial charge in [0.25, 0.3) is 0 Å². The highest BCUT2D eigenvalue weighted by atomic mass is 16.5. The van der Waals surface area contributed by atoms with E-state index in [0.29, 0.717) is 12.4 Å². The van der Waals surface area contributed by atoms with Gasteiger partial charge in [-0.25, -0.2) is 0 Å². The Hall–Kier alpha value is -1.62. The van der Waals surface area contributed by atoms with Crippen LogP contribution in [0.15, 0.2) is 12.1 Å². The molecule has 0 aliphatic carbocycles. The lowest BCUT2D eigenvalue weighted by atomic mass is 10.2. The fourth-order valence-electron chi connectivity index (χ4n) is 1.68. The number of nitrogens with zero attached hydrogens (tertiary/aromatic N) is 1. The van der Waals surface area contributed by atoms with E-state index >= 15 is 0 Å². The predicted octanol–water partition coefficient (Wildman–Crippen LogP) is 1.33. The first kappa shape index (κ1) is 13.4. The van der Waals surface area contributed by atoms with Crippen molar-refractivity contribution < 1.29 is 14.2 Å². The summed E-state index contributed by atoms with van der Waals surface area (Å²) in [5, 5.41) is 3.08. The van der Waals surface area contributed by atoms with Crippen molar-refractivity contribution in [2.24, 2.45) is 0 Å². The second kappa shape index (κ2) is 6.20. The van der Waals surface area contributed by atoms with E-state index in [1.165, 1.54) is 0 Å². The quantitative estimate of drug-likeness (QED) is 0.760. The van der Waals surface area contributed by atoms with Crippen molar-refractivity contribution in [3.05, 3.63) is 12.1 Å². The fraction of sp³-hybridized carbons (Fsp3) is 0.500. The van der Waals surface area contributed by atoms with Crippen LogP contribution in [0.25, 0.3) is 0 Å². The standard InChI is InChI=1S/C12H20N2O3/c1-13-8-14(2)12-10(16-4)6-9(15-3)7-11(12)17-5/h6-7,13H,8H2,1-5H3. The molecule has 0 aromatic heterocycles. The van der Waals surface area contributed by atoms with Crippen molar-refractivity contribution in [1.29, 1.82) is 0 Å². The van der Waals surface area contributed by atoms with Crippen LogP contribution in [0, 0.1) is 0 Å². The number of anilines is 1. The lowest BCUT2D eigenvalue weighted by Crippen LogP contribution is -2.28. The highest BCUT2D eigenvalue weighted by molar-refractivity contribution is 5.69. The molecule has 0 saturated heterocycles. The van der Waals surface area contributed by atoms with E-state index in [1.807, 2.05) is 31.1 Å². The third-order valence-corrected chi connectivity index (χ3v) is 2.47. The molecular weight excluding hydrogens is 220 g/mol. The molecule has 1 aromatic rings. The molecule has 1 N–H and O–H groups in total. The smallest absolute Gasteiger partial charge is 0.149 e. The Morgan fingerprint density at radius 2 is 1.59 bits per heavy atom. The van der Waals surface area contributed by atoms with Crippen molar-refractivity contribution in [2.45, 2.75) is 0 Å². The third kappa shape index (κ3) is 2.94. The molecule has 17 heavy (non-hydrogen) atoms. The number of hydrogen-bond acceptors (Lipinski definition) is 5. The molecule has 0 unspecified atom stereocenters. The SMILES string of the molecule is CNCN(C)c1c(OC)cc(OC)cc1OC. The molecule has 0 atom stereocenters. The number of methoxy groups -OCH3 is 3. The zero-order chi connectivity index (χ0) is 12.8. The summed E-state index contributed by atoms with van der Waals surface area (Å²) < 4.78 is 15.9. The lowest BCUT2D eigenvalue weighted by molar-refractivity contribution is 0.375. The summed E-state index contributed by atoms with van der Waals surface area (Å²) >= 11 is 0. The Balaban J connectivity index is 3.23.